The molecule has 1 aromatic heterocycles. The van der Waals surface area contributed by atoms with Crippen LogP contribution in [0.4, 0.5) is 5.69 Å². The minimum atomic E-state index is -0.165. The summed E-state index contributed by atoms with van der Waals surface area (Å²) in [5, 5.41) is 7.22. The number of nitrogens with one attached hydrogen (secondary N) is 1. The van der Waals surface area contributed by atoms with Crippen LogP contribution >= 0.6 is 15.9 Å². The lowest BCUT2D eigenvalue weighted by Gasteiger charge is -2.12. The second-order valence-electron chi connectivity index (χ2n) is 5.43. The molecule has 0 bridgehead atoms. The molecular formula is C19H18BrN3O. The number of anilines is 1. The van der Waals surface area contributed by atoms with Gasteiger partial charge in [0.05, 0.1) is 10.7 Å². The van der Waals surface area contributed by atoms with Gasteiger partial charge in [-0.3, -0.25) is 9.48 Å². The Morgan fingerprint density at radius 3 is 2.58 bits per heavy atom. The summed E-state index contributed by atoms with van der Waals surface area (Å²) < 4.78 is 2.38. The van der Waals surface area contributed by atoms with Crippen molar-refractivity contribution < 1.29 is 4.79 Å². The van der Waals surface area contributed by atoms with E-state index in [1.807, 2.05) is 49.4 Å². The van der Waals surface area contributed by atoms with Crippen molar-refractivity contribution in [2.45, 2.75) is 19.9 Å². The van der Waals surface area contributed by atoms with Crippen LogP contribution in [0.25, 0.3) is 0 Å². The molecule has 1 amide bonds. The van der Waals surface area contributed by atoms with E-state index < -0.39 is 0 Å². The first-order chi connectivity index (χ1) is 11.7. The van der Waals surface area contributed by atoms with Crippen molar-refractivity contribution in [2.75, 3.05) is 5.32 Å². The topological polar surface area (TPSA) is 46.9 Å². The molecule has 1 N–H and O–H groups in total. The number of amides is 1. The number of carbonyl (C=O) groups excluding carboxylic acids is 1. The van der Waals surface area contributed by atoms with Crippen molar-refractivity contribution in [1.82, 2.24) is 9.78 Å². The quantitative estimate of drug-likeness (QED) is 0.704. The van der Waals surface area contributed by atoms with Crippen LogP contribution in [0.5, 0.6) is 0 Å². The zero-order chi connectivity index (χ0) is 16.9. The first kappa shape index (κ1) is 16.5. The van der Waals surface area contributed by atoms with Gasteiger partial charge >= 0.3 is 0 Å². The Morgan fingerprint density at radius 1 is 1.12 bits per heavy atom. The molecule has 0 aliphatic carbocycles. The smallest absolute Gasteiger partial charge is 0.275 e. The van der Waals surface area contributed by atoms with Gasteiger partial charge in [0.15, 0.2) is 0 Å². The molecule has 0 unspecified atom stereocenters. The highest BCUT2D eigenvalue weighted by Gasteiger charge is 2.17. The highest BCUT2D eigenvalue weighted by atomic mass is 79.9. The fourth-order valence-corrected chi connectivity index (χ4v) is 3.10. The second kappa shape index (κ2) is 7.45. The highest BCUT2D eigenvalue weighted by Crippen LogP contribution is 2.22. The van der Waals surface area contributed by atoms with Crippen LogP contribution in [0.3, 0.4) is 0 Å². The van der Waals surface area contributed by atoms with Crippen molar-refractivity contribution >= 4 is 27.5 Å². The summed E-state index contributed by atoms with van der Waals surface area (Å²) in [5.41, 5.74) is 3.64. The van der Waals surface area contributed by atoms with Gasteiger partial charge in [0.25, 0.3) is 5.91 Å². The summed E-state index contributed by atoms with van der Waals surface area (Å²) in [7, 11) is 0. The molecule has 1 heterocycles. The maximum absolute atomic E-state index is 12.7. The predicted molar refractivity (Wildman–Crippen MR) is 99.2 cm³/mol. The molecule has 5 heteroatoms. The van der Waals surface area contributed by atoms with Crippen LogP contribution in [0.1, 0.15) is 28.5 Å². The van der Waals surface area contributed by atoms with E-state index in [9.17, 15) is 4.79 Å². The molecule has 4 nitrogen and oxygen atoms in total. The Hall–Kier alpha value is -2.40. The molecule has 0 radical (unpaired) electrons. The number of rotatable bonds is 5. The lowest BCUT2D eigenvalue weighted by Crippen LogP contribution is -2.18. The zero-order valence-electron chi connectivity index (χ0n) is 13.4. The Labute approximate surface area is 149 Å². The van der Waals surface area contributed by atoms with Crippen molar-refractivity contribution in [3.63, 3.8) is 0 Å². The highest BCUT2D eigenvalue weighted by molar-refractivity contribution is 9.10. The van der Waals surface area contributed by atoms with Crippen molar-refractivity contribution in [3.8, 4) is 0 Å². The molecule has 0 saturated carbocycles. The number of aryl methyl sites for hydroxylation is 1. The van der Waals surface area contributed by atoms with Crippen LogP contribution < -0.4 is 5.32 Å². The molecule has 0 aliphatic rings. The van der Waals surface area contributed by atoms with E-state index in [1.54, 1.807) is 10.9 Å². The zero-order valence-corrected chi connectivity index (χ0v) is 15.0. The largest absolute Gasteiger partial charge is 0.320 e. The molecule has 0 fully saturated rings. The normalized spacial score (nSPS) is 10.6. The minimum absolute atomic E-state index is 0.165. The molecular weight excluding hydrogens is 366 g/mol. The maximum atomic E-state index is 12.7. The van der Waals surface area contributed by atoms with Crippen LogP contribution in [0.2, 0.25) is 0 Å². The van der Waals surface area contributed by atoms with Gasteiger partial charge in [0.2, 0.25) is 0 Å². The van der Waals surface area contributed by atoms with E-state index >= 15 is 0 Å². The van der Waals surface area contributed by atoms with Gasteiger partial charge in [-0.25, -0.2) is 0 Å². The Kier molecular flexibility index (Phi) is 5.11. The standard InChI is InChI=1S/C19H18BrN3O/c1-2-23-18(16(20)13-21-23)19(24)22-17-11-7-6-10-15(17)12-14-8-4-3-5-9-14/h3-11,13H,2,12H2,1H3,(H,22,24). The Bertz CT molecular complexity index is 843. The number of hydrogen-bond acceptors (Lipinski definition) is 2. The third-order valence-corrected chi connectivity index (χ3v) is 4.39. The van der Waals surface area contributed by atoms with Gasteiger partial charge < -0.3 is 5.32 Å². The first-order valence-electron chi connectivity index (χ1n) is 7.83. The SMILES string of the molecule is CCn1ncc(Br)c1C(=O)Nc1ccccc1Cc1ccccc1. The van der Waals surface area contributed by atoms with E-state index in [2.05, 4.69) is 38.5 Å². The second-order valence-corrected chi connectivity index (χ2v) is 6.28. The fraction of sp³-hybridized carbons (Fsp3) is 0.158. The minimum Gasteiger partial charge on any atom is -0.320 e. The maximum Gasteiger partial charge on any atom is 0.275 e. The van der Waals surface area contributed by atoms with Crippen molar-refractivity contribution in [3.05, 3.63) is 82.1 Å². The van der Waals surface area contributed by atoms with Crippen LogP contribution in [-0.2, 0) is 13.0 Å². The number of halogens is 1. The average molecular weight is 384 g/mol. The number of hydrogen-bond donors (Lipinski definition) is 1. The number of nitrogens with zero attached hydrogens (tertiary/aromatic N) is 2. The van der Waals surface area contributed by atoms with Crippen LogP contribution in [-0.4, -0.2) is 15.7 Å². The first-order valence-corrected chi connectivity index (χ1v) is 8.63. The lowest BCUT2D eigenvalue weighted by atomic mass is 10.0. The number of carbonyl (C=O) groups is 1. The van der Waals surface area contributed by atoms with Crippen LogP contribution in [0, 0.1) is 0 Å². The summed E-state index contributed by atoms with van der Waals surface area (Å²) in [6.45, 7) is 2.60. The number of benzene rings is 2. The molecule has 0 aliphatic heterocycles. The van der Waals surface area contributed by atoms with Crippen LogP contribution in [0.15, 0.2) is 65.3 Å². The Morgan fingerprint density at radius 2 is 1.83 bits per heavy atom. The van der Waals surface area contributed by atoms with Crippen molar-refractivity contribution in [2.24, 2.45) is 0 Å². The van der Waals surface area contributed by atoms with E-state index in [0.717, 1.165) is 17.7 Å². The molecule has 0 spiro atoms. The fourth-order valence-electron chi connectivity index (χ4n) is 2.62. The summed E-state index contributed by atoms with van der Waals surface area (Å²) in [5.74, 6) is -0.165. The number of aromatic nitrogens is 2. The van der Waals surface area contributed by atoms with Gasteiger partial charge in [-0.2, -0.15) is 5.10 Å². The summed E-state index contributed by atoms with van der Waals surface area (Å²) in [6, 6.07) is 18.1. The molecule has 2 aromatic carbocycles. The third kappa shape index (κ3) is 3.57. The predicted octanol–water partition coefficient (Wildman–Crippen LogP) is 4.51. The summed E-state index contributed by atoms with van der Waals surface area (Å²) in [4.78, 5) is 12.7. The summed E-state index contributed by atoms with van der Waals surface area (Å²) >= 11 is 3.40. The monoisotopic (exact) mass is 383 g/mol. The van der Waals surface area contributed by atoms with Gasteiger partial charge in [-0.1, -0.05) is 48.5 Å². The van der Waals surface area contributed by atoms with Gasteiger partial charge in [-0.05, 0) is 46.5 Å². The average Bonchev–Trinajstić information content (AvgIpc) is 2.98. The van der Waals surface area contributed by atoms with E-state index in [0.29, 0.717) is 16.7 Å². The molecule has 24 heavy (non-hydrogen) atoms. The van der Waals surface area contributed by atoms with E-state index in [4.69, 9.17) is 0 Å². The number of para-hydroxylation sites is 1. The molecule has 0 atom stereocenters. The molecule has 3 rings (SSSR count). The summed E-state index contributed by atoms with van der Waals surface area (Å²) in [6.07, 6.45) is 2.42. The van der Waals surface area contributed by atoms with Crippen molar-refractivity contribution in [1.29, 1.82) is 0 Å². The van der Waals surface area contributed by atoms with Gasteiger partial charge in [0, 0.05) is 12.2 Å². The van der Waals surface area contributed by atoms with Gasteiger partial charge in [0.1, 0.15) is 5.69 Å². The third-order valence-electron chi connectivity index (χ3n) is 3.81. The van der Waals surface area contributed by atoms with E-state index in [1.165, 1.54) is 5.56 Å². The molecule has 122 valence electrons. The Balaban J connectivity index is 1.85. The molecule has 0 saturated heterocycles. The van der Waals surface area contributed by atoms with Gasteiger partial charge in [-0.15, -0.1) is 0 Å². The van der Waals surface area contributed by atoms with E-state index in [-0.39, 0.29) is 5.91 Å². The lowest BCUT2D eigenvalue weighted by molar-refractivity contribution is 0.101. The molecule has 3 aromatic rings.